The van der Waals surface area contributed by atoms with Gasteiger partial charge < -0.3 is 0 Å². The maximum absolute atomic E-state index is 12.3. The van der Waals surface area contributed by atoms with Gasteiger partial charge in [-0.1, -0.05) is 19.9 Å². The van der Waals surface area contributed by atoms with Crippen LogP contribution in [0.5, 0.6) is 0 Å². The molecule has 0 aromatic carbocycles. The highest BCUT2D eigenvalue weighted by Crippen LogP contribution is 2.33. The molecular formula is C10H15F2. The zero-order valence-electron chi connectivity index (χ0n) is 7.61. The fourth-order valence-corrected chi connectivity index (χ4v) is 1.61. The van der Waals surface area contributed by atoms with E-state index in [0.717, 1.165) is 12.8 Å². The van der Waals surface area contributed by atoms with Crippen molar-refractivity contribution in [2.45, 2.75) is 39.5 Å². The second-order valence-electron chi connectivity index (χ2n) is 3.64. The summed E-state index contributed by atoms with van der Waals surface area (Å²) in [5.41, 5.74) is 0.340. The molecular weight excluding hydrogens is 158 g/mol. The molecule has 1 unspecified atom stereocenters. The minimum atomic E-state index is -2.24. The fourth-order valence-electron chi connectivity index (χ4n) is 1.61. The highest BCUT2D eigenvalue weighted by molar-refractivity contribution is 5.12. The van der Waals surface area contributed by atoms with Crippen LogP contribution < -0.4 is 0 Å². The van der Waals surface area contributed by atoms with Gasteiger partial charge in [-0.05, 0) is 36.7 Å². The Morgan fingerprint density at radius 1 is 1.50 bits per heavy atom. The number of hydrogen-bond acceptors (Lipinski definition) is 0. The number of hydrogen-bond donors (Lipinski definition) is 0. The van der Waals surface area contributed by atoms with Gasteiger partial charge in [-0.2, -0.15) is 0 Å². The van der Waals surface area contributed by atoms with Gasteiger partial charge in [0.15, 0.2) is 0 Å². The first-order valence-electron chi connectivity index (χ1n) is 4.38. The van der Waals surface area contributed by atoms with E-state index < -0.39 is 6.43 Å². The van der Waals surface area contributed by atoms with Crippen LogP contribution in [0.25, 0.3) is 0 Å². The van der Waals surface area contributed by atoms with E-state index in [1.165, 1.54) is 5.92 Å². The molecule has 0 aromatic rings. The van der Waals surface area contributed by atoms with Crippen LogP contribution in [0.1, 0.15) is 33.1 Å². The second kappa shape index (κ2) is 4.01. The van der Waals surface area contributed by atoms with Crippen LogP contribution in [-0.4, -0.2) is 6.43 Å². The molecule has 0 aromatic heterocycles. The van der Waals surface area contributed by atoms with Crippen molar-refractivity contribution in [2.75, 3.05) is 0 Å². The van der Waals surface area contributed by atoms with Gasteiger partial charge in [0.1, 0.15) is 0 Å². The third-order valence-corrected chi connectivity index (χ3v) is 2.50. The van der Waals surface area contributed by atoms with E-state index in [2.05, 4.69) is 0 Å². The highest BCUT2D eigenvalue weighted by atomic mass is 19.3. The fraction of sp³-hybridized carbons (Fsp3) is 0.700. The van der Waals surface area contributed by atoms with Crippen molar-refractivity contribution in [3.63, 3.8) is 0 Å². The maximum Gasteiger partial charge on any atom is 0.259 e. The zero-order valence-corrected chi connectivity index (χ0v) is 7.61. The Morgan fingerprint density at radius 3 is 2.67 bits per heavy atom. The molecule has 0 heterocycles. The Morgan fingerprint density at radius 2 is 2.17 bits per heavy atom. The summed E-state index contributed by atoms with van der Waals surface area (Å²) in [5, 5.41) is 0. The van der Waals surface area contributed by atoms with Crippen molar-refractivity contribution in [3.05, 3.63) is 17.6 Å². The van der Waals surface area contributed by atoms with E-state index in [0.29, 0.717) is 17.9 Å². The number of alkyl halides is 2. The van der Waals surface area contributed by atoms with Gasteiger partial charge in [-0.3, -0.25) is 0 Å². The van der Waals surface area contributed by atoms with Crippen molar-refractivity contribution in [2.24, 2.45) is 5.92 Å². The van der Waals surface area contributed by atoms with Gasteiger partial charge in [0.25, 0.3) is 6.43 Å². The van der Waals surface area contributed by atoms with Crippen LogP contribution in [-0.2, 0) is 0 Å². The summed E-state index contributed by atoms with van der Waals surface area (Å²) in [6.07, 6.45) is 1.88. The van der Waals surface area contributed by atoms with Crippen LogP contribution >= 0.6 is 0 Å². The van der Waals surface area contributed by atoms with Crippen LogP contribution in [0.15, 0.2) is 11.6 Å². The third-order valence-electron chi connectivity index (χ3n) is 2.50. The van der Waals surface area contributed by atoms with Crippen LogP contribution in [0.2, 0.25) is 0 Å². The highest BCUT2D eigenvalue weighted by Gasteiger charge is 2.22. The maximum atomic E-state index is 12.3. The van der Waals surface area contributed by atoms with E-state index in [1.54, 1.807) is 6.08 Å². The van der Waals surface area contributed by atoms with Crippen molar-refractivity contribution in [1.29, 1.82) is 0 Å². The largest absolute Gasteiger partial charge is 0.259 e. The summed E-state index contributed by atoms with van der Waals surface area (Å²) in [6, 6.07) is 0. The lowest BCUT2D eigenvalue weighted by Gasteiger charge is -2.25. The molecule has 0 nitrogen and oxygen atoms in total. The van der Waals surface area contributed by atoms with Gasteiger partial charge in [0.2, 0.25) is 0 Å². The summed E-state index contributed by atoms with van der Waals surface area (Å²) < 4.78 is 24.6. The van der Waals surface area contributed by atoms with Crippen molar-refractivity contribution >= 4 is 0 Å². The van der Waals surface area contributed by atoms with Crippen LogP contribution in [0.3, 0.4) is 0 Å². The van der Waals surface area contributed by atoms with Crippen molar-refractivity contribution in [1.82, 2.24) is 0 Å². The van der Waals surface area contributed by atoms with Crippen molar-refractivity contribution in [3.8, 4) is 0 Å². The van der Waals surface area contributed by atoms with Crippen LogP contribution in [0, 0.1) is 11.8 Å². The molecule has 1 aliphatic carbocycles. The zero-order chi connectivity index (χ0) is 9.14. The average Bonchev–Trinajstić information content (AvgIpc) is 2.04. The quantitative estimate of drug-likeness (QED) is 0.560. The molecule has 1 atom stereocenters. The summed E-state index contributed by atoms with van der Waals surface area (Å²) in [6.45, 7) is 4.05. The molecule has 0 saturated carbocycles. The third kappa shape index (κ3) is 2.29. The predicted molar refractivity (Wildman–Crippen MR) is 46.0 cm³/mol. The van der Waals surface area contributed by atoms with Crippen molar-refractivity contribution < 1.29 is 8.78 Å². The first-order valence-corrected chi connectivity index (χ1v) is 4.38. The molecule has 1 aliphatic rings. The summed E-state index contributed by atoms with van der Waals surface area (Å²) >= 11 is 0. The van der Waals surface area contributed by atoms with Gasteiger partial charge in [-0.15, -0.1) is 0 Å². The SMILES string of the molecule is C[C](C)C1CCC=C(C(F)F)C1. The molecule has 0 bridgehead atoms. The number of halogens is 2. The van der Waals surface area contributed by atoms with Gasteiger partial charge in [0, 0.05) is 0 Å². The number of rotatable bonds is 2. The first-order chi connectivity index (χ1) is 5.61. The molecule has 0 saturated heterocycles. The van der Waals surface area contributed by atoms with E-state index >= 15 is 0 Å². The summed E-state index contributed by atoms with van der Waals surface area (Å²) in [5.74, 6) is 1.67. The van der Waals surface area contributed by atoms with Crippen LogP contribution in [0.4, 0.5) is 8.78 Å². The molecule has 1 radical (unpaired) electrons. The minimum Gasteiger partial charge on any atom is -0.205 e. The molecule has 69 valence electrons. The smallest absolute Gasteiger partial charge is 0.205 e. The lowest BCUT2D eigenvalue weighted by Crippen LogP contribution is -2.14. The molecule has 12 heavy (non-hydrogen) atoms. The van der Waals surface area contributed by atoms with Gasteiger partial charge in [-0.25, -0.2) is 8.78 Å². The monoisotopic (exact) mass is 173 g/mol. The minimum absolute atomic E-state index is 0.340. The average molecular weight is 173 g/mol. The molecule has 2 heteroatoms. The topological polar surface area (TPSA) is 0 Å². The second-order valence-corrected chi connectivity index (χ2v) is 3.64. The Hall–Kier alpha value is -0.400. The first kappa shape index (κ1) is 9.69. The Labute approximate surface area is 72.7 Å². The van der Waals surface area contributed by atoms with E-state index in [4.69, 9.17) is 0 Å². The normalized spacial score (nSPS) is 24.8. The predicted octanol–water partition coefficient (Wildman–Crippen LogP) is 3.59. The van der Waals surface area contributed by atoms with Gasteiger partial charge in [0.05, 0.1) is 0 Å². The standard InChI is InChI=1S/C10H15F2/c1-7(2)8-4-3-5-9(6-8)10(11)12/h5,8,10H,3-4,6H2,1-2H3. The van der Waals surface area contributed by atoms with E-state index in [1.807, 2.05) is 13.8 Å². The molecule has 1 rings (SSSR count). The Kier molecular flexibility index (Phi) is 3.24. The molecule has 0 fully saturated rings. The molecule has 0 N–H and O–H groups in total. The molecule has 0 aliphatic heterocycles. The Balaban J connectivity index is 2.53. The van der Waals surface area contributed by atoms with E-state index in [-0.39, 0.29) is 0 Å². The molecule has 0 spiro atoms. The Bertz CT molecular complexity index is 171. The summed E-state index contributed by atoms with van der Waals surface area (Å²) in [4.78, 5) is 0. The molecule has 0 amide bonds. The lowest BCUT2D eigenvalue weighted by atomic mass is 9.82. The lowest BCUT2D eigenvalue weighted by molar-refractivity contribution is 0.177. The number of allylic oxidation sites excluding steroid dienone is 2. The van der Waals surface area contributed by atoms with Gasteiger partial charge >= 0.3 is 0 Å². The summed E-state index contributed by atoms with van der Waals surface area (Å²) in [7, 11) is 0. The van der Waals surface area contributed by atoms with E-state index in [9.17, 15) is 8.78 Å².